The highest BCUT2D eigenvalue weighted by atomic mass is 35.5. The number of anilines is 1. The number of benzene rings is 2. The summed E-state index contributed by atoms with van der Waals surface area (Å²) in [4.78, 5) is 24.1. The Hall–Kier alpha value is -2.79. The normalized spacial score (nSPS) is 14.2. The molecular weight excluding hydrogens is 354 g/mol. The Labute approximate surface area is 154 Å². The fourth-order valence-electron chi connectivity index (χ4n) is 3.05. The lowest BCUT2D eigenvalue weighted by molar-refractivity contribution is 0.171. The van der Waals surface area contributed by atoms with E-state index in [1.54, 1.807) is 24.3 Å². The third-order valence-electron chi connectivity index (χ3n) is 4.47. The zero-order chi connectivity index (χ0) is 18.3. The zero-order valence-corrected chi connectivity index (χ0v) is 14.8. The quantitative estimate of drug-likeness (QED) is 0.712. The second kappa shape index (κ2) is 6.50. The van der Waals surface area contributed by atoms with Gasteiger partial charge >= 0.3 is 0 Å². The molecule has 1 atom stereocenters. The van der Waals surface area contributed by atoms with Gasteiger partial charge in [-0.25, -0.2) is 0 Å². The summed E-state index contributed by atoms with van der Waals surface area (Å²) in [5, 5.41) is 3.74. The summed E-state index contributed by atoms with van der Waals surface area (Å²) < 4.78 is 11.1. The number of rotatable bonds is 4. The van der Waals surface area contributed by atoms with Gasteiger partial charge in [0.15, 0.2) is 11.5 Å². The van der Waals surface area contributed by atoms with E-state index in [1.165, 1.54) is 0 Å². The molecule has 4 rings (SSSR count). The van der Waals surface area contributed by atoms with Crippen LogP contribution in [0.25, 0.3) is 11.1 Å². The molecule has 26 heavy (non-hydrogen) atoms. The maximum Gasteiger partial charge on any atom is 0.250 e. The highest BCUT2D eigenvalue weighted by Crippen LogP contribution is 2.34. The van der Waals surface area contributed by atoms with E-state index in [9.17, 15) is 9.59 Å². The van der Waals surface area contributed by atoms with Crippen molar-refractivity contribution >= 4 is 17.3 Å². The second-order valence-corrected chi connectivity index (χ2v) is 6.62. The Morgan fingerprint density at radius 2 is 1.65 bits per heavy atom. The minimum Gasteiger partial charge on any atom is -0.486 e. The summed E-state index contributed by atoms with van der Waals surface area (Å²) in [5.41, 5.74) is 1.36. The van der Waals surface area contributed by atoms with Crippen LogP contribution in [0, 0.1) is 0 Å². The van der Waals surface area contributed by atoms with Gasteiger partial charge < -0.3 is 14.8 Å². The van der Waals surface area contributed by atoms with Crippen LogP contribution < -0.4 is 25.6 Å². The average molecular weight is 370 g/mol. The molecule has 0 saturated carbocycles. The number of hydrogen-bond donors (Lipinski definition) is 1. The smallest absolute Gasteiger partial charge is 0.250 e. The molecule has 1 N–H and O–H groups in total. The predicted octanol–water partition coefficient (Wildman–Crippen LogP) is 3.55. The summed E-state index contributed by atoms with van der Waals surface area (Å²) in [5.74, 6) is 1.40. The van der Waals surface area contributed by atoms with Crippen LogP contribution in [0.5, 0.6) is 11.5 Å². The van der Waals surface area contributed by atoms with Crippen molar-refractivity contribution in [3.8, 4) is 22.6 Å². The van der Waals surface area contributed by atoms with Gasteiger partial charge in [-0.2, -0.15) is 0 Å². The summed E-state index contributed by atoms with van der Waals surface area (Å²) in [6, 6.07) is 12.3. The average Bonchev–Trinajstić information content (AvgIpc) is 2.68. The molecule has 3 aromatic carbocycles. The van der Waals surface area contributed by atoms with Crippen molar-refractivity contribution in [1.82, 2.24) is 0 Å². The molecule has 1 aliphatic heterocycles. The first-order chi connectivity index (χ1) is 12.5. The minimum atomic E-state index is -0.501. The van der Waals surface area contributed by atoms with Crippen molar-refractivity contribution in [2.75, 3.05) is 18.5 Å². The van der Waals surface area contributed by atoms with Crippen molar-refractivity contribution in [2.45, 2.75) is 13.0 Å². The molecule has 0 radical (unpaired) electrons. The number of nitrogens with one attached hydrogen (secondary N) is 1. The van der Waals surface area contributed by atoms with Crippen LogP contribution in [0.3, 0.4) is 0 Å². The first kappa shape index (κ1) is 16.7. The lowest BCUT2D eigenvalue weighted by atomic mass is 9.97. The molecule has 6 heteroatoms. The summed E-state index contributed by atoms with van der Waals surface area (Å²) in [6.45, 7) is 2.97. The third-order valence-corrected chi connectivity index (χ3v) is 4.72. The first-order valence-electron chi connectivity index (χ1n) is 8.30. The van der Waals surface area contributed by atoms with E-state index in [2.05, 4.69) is 5.32 Å². The number of fused-ring (bicyclic) bond motifs is 1. The van der Waals surface area contributed by atoms with Crippen molar-refractivity contribution in [1.29, 1.82) is 0 Å². The lowest BCUT2D eigenvalue weighted by Crippen LogP contribution is -2.36. The van der Waals surface area contributed by atoms with E-state index in [0.717, 1.165) is 5.56 Å². The SMILES string of the molecule is C[C@@H](Nc1c(-c2ccc(Cl)cc2)c(=O)c1=O)c1ccc2c(c1)OCCO2. The van der Waals surface area contributed by atoms with E-state index in [4.69, 9.17) is 21.1 Å². The van der Waals surface area contributed by atoms with Crippen LogP contribution in [-0.2, 0) is 0 Å². The predicted molar refractivity (Wildman–Crippen MR) is 101 cm³/mol. The molecule has 0 fully saturated rings. The third kappa shape index (κ3) is 2.84. The molecule has 1 heterocycles. The summed E-state index contributed by atoms with van der Waals surface area (Å²) in [6.07, 6.45) is 0. The molecule has 1 aliphatic rings. The lowest BCUT2D eigenvalue weighted by Gasteiger charge is -2.22. The maximum absolute atomic E-state index is 12.1. The fraction of sp³-hybridized carbons (Fsp3) is 0.200. The first-order valence-corrected chi connectivity index (χ1v) is 8.67. The highest BCUT2D eigenvalue weighted by Gasteiger charge is 2.24. The largest absolute Gasteiger partial charge is 0.486 e. The second-order valence-electron chi connectivity index (χ2n) is 6.18. The molecule has 0 aliphatic carbocycles. The zero-order valence-electron chi connectivity index (χ0n) is 14.0. The van der Waals surface area contributed by atoms with Gasteiger partial charge in [-0.1, -0.05) is 29.8 Å². The summed E-state index contributed by atoms with van der Waals surface area (Å²) in [7, 11) is 0. The van der Waals surface area contributed by atoms with E-state index in [-0.39, 0.29) is 6.04 Å². The molecular formula is C20H16ClNO4. The van der Waals surface area contributed by atoms with Crippen LogP contribution in [0.2, 0.25) is 5.02 Å². The Morgan fingerprint density at radius 1 is 0.962 bits per heavy atom. The van der Waals surface area contributed by atoms with Gasteiger partial charge in [0.1, 0.15) is 13.2 Å². The van der Waals surface area contributed by atoms with Crippen LogP contribution in [0.4, 0.5) is 5.69 Å². The van der Waals surface area contributed by atoms with E-state index in [0.29, 0.717) is 46.5 Å². The number of ether oxygens (including phenoxy) is 2. The van der Waals surface area contributed by atoms with Gasteiger partial charge in [-0.3, -0.25) is 9.59 Å². The van der Waals surface area contributed by atoms with Gasteiger partial charge in [-0.15, -0.1) is 0 Å². The van der Waals surface area contributed by atoms with Crippen molar-refractivity contribution in [3.05, 3.63) is 73.5 Å². The Morgan fingerprint density at radius 3 is 2.38 bits per heavy atom. The summed E-state index contributed by atoms with van der Waals surface area (Å²) >= 11 is 5.90. The molecule has 3 aromatic rings. The highest BCUT2D eigenvalue weighted by molar-refractivity contribution is 6.30. The van der Waals surface area contributed by atoms with Crippen LogP contribution >= 0.6 is 11.6 Å². The molecule has 0 aromatic heterocycles. The maximum atomic E-state index is 12.1. The molecule has 0 unspecified atom stereocenters. The van der Waals surface area contributed by atoms with Gasteiger partial charge in [0.05, 0.1) is 11.3 Å². The Kier molecular flexibility index (Phi) is 4.17. The van der Waals surface area contributed by atoms with Crippen molar-refractivity contribution in [3.63, 3.8) is 0 Å². The molecule has 0 amide bonds. The van der Waals surface area contributed by atoms with Gasteiger partial charge in [0, 0.05) is 11.1 Å². The van der Waals surface area contributed by atoms with Gasteiger partial charge in [0.25, 0.3) is 0 Å². The molecule has 0 saturated heterocycles. The van der Waals surface area contributed by atoms with Crippen LogP contribution in [0.1, 0.15) is 18.5 Å². The molecule has 0 bridgehead atoms. The fourth-order valence-corrected chi connectivity index (χ4v) is 3.18. The molecule has 0 spiro atoms. The molecule has 5 nitrogen and oxygen atoms in total. The van der Waals surface area contributed by atoms with E-state index >= 15 is 0 Å². The van der Waals surface area contributed by atoms with E-state index < -0.39 is 10.9 Å². The number of hydrogen-bond acceptors (Lipinski definition) is 5. The van der Waals surface area contributed by atoms with Crippen LogP contribution in [-0.4, -0.2) is 13.2 Å². The number of halogens is 1. The standard InChI is InChI=1S/C20H16ClNO4/c1-11(13-4-7-15-16(10-13)26-9-8-25-15)22-18-17(19(23)20(18)24)12-2-5-14(21)6-3-12/h2-7,10-11,22H,8-9H2,1H3/t11-/m1/s1. The van der Waals surface area contributed by atoms with Crippen molar-refractivity contribution < 1.29 is 9.47 Å². The van der Waals surface area contributed by atoms with Gasteiger partial charge in [-0.05, 0) is 42.3 Å². The minimum absolute atomic E-state index is 0.180. The van der Waals surface area contributed by atoms with Crippen molar-refractivity contribution in [2.24, 2.45) is 0 Å². The van der Waals surface area contributed by atoms with Gasteiger partial charge in [0.2, 0.25) is 10.9 Å². The van der Waals surface area contributed by atoms with Crippen LogP contribution in [0.15, 0.2) is 52.1 Å². The molecule has 132 valence electrons. The monoisotopic (exact) mass is 369 g/mol. The topological polar surface area (TPSA) is 64.6 Å². The Balaban J connectivity index is 1.62. The Bertz CT molecular complexity index is 1040. The van der Waals surface area contributed by atoms with E-state index in [1.807, 2.05) is 25.1 Å².